The lowest BCUT2D eigenvalue weighted by atomic mass is 10.3. The van der Waals surface area contributed by atoms with E-state index in [1.807, 2.05) is 0 Å². The van der Waals surface area contributed by atoms with Crippen molar-refractivity contribution in [2.45, 2.75) is 6.42 Å². The SMILES string of the molecule is [N-]=[N+]=NCCOCCN(CCOCCN=[N+]=[N-])C(=O)CCOCCOCCS. The number of carbonyl (C=O) groups is 1. The molecule has 0 saturated carbocycles. The van der Waals surface area contributed by atoms with Gasteiger partial charge in [-0.2, -0.15) is 12.6 Å². The maximum atomic E-state index is 12.4. The molecule has 0 aliphatic rings. The third-order valence-corrected chi connectivity index (χ3v) is 3.41. The molecule has 0 aliphatic heterocycles. The van der Waals surface area contributed by atoms with Gasteiger partial charge in [0.15, 0.2) is 0 Å². The van der Waals surface area contributed by atoms with Crippen LogP contribution in [0.25, 0.3) is 20.9 Å². The van der Waals surface area contributed by atoms with E-state index < -0.39 is 0 Å². The maximum absolute atomic E-state index is 12.4. The Hall–Kier alpha value is -1.72. The van der Waals surface area contributed by atoms with Crippen LogP contribution in [-0.2, 0) is 23.7 Å². The van der Waals surface area contributed by atoms with E-state index >= 15 is 0 Å². The highest BCUT2D eigenvalue weighted by atomic mass is 32.1. The largest absolute Gasteiger partial charge is 0.379 e. The Morgan fingerprint density at radius 3 is 1.79 bits per heavy atom. The number of nitrogens with zero attached hydrogens (tertiary/aromatic N) is 7. The zero-order valence-corrected chi connectivity index (χ0v) is 16.9. The van der Waals surface area contributed by atoms with E-state index in [4.69, 9.17) is 30.0 Å². The molecule has 0 unspecified atom stereocenters. The van der Waals surface area contributed by atoms with Gasteiger partial charge in [-0.1, -0.05) is 10.2 Å². The van der Waals surface area contributed by atoms with E-state index in [0.29, 0.717) is 71.7 Å². The first kappa shape index (κ1) is 26.3. The molecule has 0 bridgehead atoms. The molecule has 0 fully saturated rings. The maximum Gasteiger partial charge on any atom is 0.225 e. The molecule has 0 heterocycles. The van der Waals surface area contributed by atoms with Gasteiger partial charge in [0.2, 0.25) is 5.91 Å². The van der Waals surface area contributed by atoms with Gasteiger partial charge in [0.1, 0.15) is 0 Å². The third kappa shape index (κ3) is 17.7. The fraction of sp³-hybridized carbons (Fsp3) is 0.933. The second kappa shape index (κ2) is 21.6. The molecule has 12 nitrogen and oxygen atoms in total. The fourth-order valence-corrected chi connectivity index (χ4v) is 2.05. The van der Waals surface area contributed by atoms with Crippen LogP contribution in [0.3, 0.4) is 0 Å². The van der Waals surface area contributed by atoms with Gasteiger partial charge in [-0.25, -0.2) is 0 Å². The molecule has 13 heteroatoms. The molecule has 0 N–H and O–H groups in total. The molecule has 0 saturated heterocycles. The Labute approximate surface area is 170 Å². The zero-order valence-electron chi connectivity index (χ0n) is 16.0. The zero-order chi connectivity index (χ0) is 20.7. The number of rotatable bonds is 20. The van der Waals surface area contributed by atoms with E-state index in [-0.39, 0.29) is 25.4 Å². The van der Waals surface area contributed by atoms with Crippen molar-refractivity contribution in [3.63, 3.8) is 0 Å². The molecule has 0 aromatic carbocycles. The summed E-state index contributed by atoms with van der Waals surface area (Å²) in [5.41, 5.74) is 16.4. The van der Waals surface area contributed by atoms with Gasteiger partial charge in [-0.3, -0.25) is 4.79 Å². The monoisotopic (exact) mass is 419 g/mol. The van der Waals surface area contributed by atoms with Crippen LogP contribution in [0, 0.1) is 0 Å². The van der Waals surface area contributed by atoms with Crippen LogP contribution in [0.5, 0.6) is 0 Å². The number of azide groups is 2. The van der Waals surface area contributed by atoms with E-state index in [2.05, 4.69) is 32.7 Å². The topological polar surface area (TPSA) is 155 Å². The van der Waals surface area contributed by atoms with E-state index in [0.717, 1.165) is 0 Å². The molecule has 28 heavy (non-hydrogen) atoms. The minimum Gasteiger partial charge on any atom is -0.379 e. The number of carbonyl (C=O) groups excluding carboxylic acids is 1. The molecule has 0 radical (unpaired) electrons. The lowest BCUT2D eigenvalue weighted by molar-refractivity contribution is -0.134. The minimum atomic E-state index is -0.0754. The summed E-state index contributed by atoms with van der Waals surface area (Å²) < 4.78 is 21.3. The Morgan fingerprint density at radius 2 is 1.29 bits per heavy atom. The molecule has 0 aromatic heterocycles. The highest BCUT2D eigenvalue weighted by Gasteiger charge is 2.13. The first-order chi connectivity index (χ1) is 13.8. The lowest BCUT2D eigenvalue weighted by Crippen LogP contribution is -2.37. The quantitative estimate of drug-likeness (QED) is 0.105. The van der Waals surface area contributed by atoms with Crippen LogP contribution in [0.15, 0.2) is 10.2 Å². The summed E-state index contributed by atoms with van der Waals surface area (Å²) in [7, 11) is 0. The second-order valence-corrected chi connectivity index (χ2v) is 5.66. The molecule has 0 atom stereocenters. The summed E-state index contributed by atoms with van der Waals surface area (Å²) in [5, 5.41) is 6.75. The van der Waals surface area contributed by atoms with Gasteiger partial charge in [0, 0.05) is 41.8 Å². The highest BCUT2D eigenvalue weighted by molar-refractivity contribution is 7.80. The van der Waals surface area contributed by atoms with Crippen LogP contribution in [0.4, 0.5) is 0 Å². The molecule has 1 amide bonds. The average Bonchev–Trinajstić information content (AvgIpc) is 2.70. The summed E-state index contributed by atoms with van der Waals surface area (Å²) >= 11 is 4.04. The summed E-state index contributed by atoms with van der Waals surface area (Å²) in [4.78, 5) is 19.3. The second-order valence-electron chi connectivity index (χ2n) is 5.21. The van der Waals surface area contributed by atoms with Crippen molar-refractivity contribution < 1.29 is 23.7 Å². The number of thiol groups is 1. The smallest absolute Gasteiger partial charge is 0.225 e. The molecule has 160 valence electrons. The Kier molecular flexibility index (Phi) is 20.3. The van der Waals surface area contributed by atoms with E-state index in [1.165, 1.54) is 0 Å². The molecular formula is C15H29N7O5S. The third-order valence-electron chi connectivity index (χ3n) is 3.23. The van der Waals surface area contributed by atoms with Crippen molar-refractivity contribution in [2.75, 3.05) is 84.8 Å². The predicted octanol–water partition coefficient (Wildman–Crippen LogP) is 1.82. The summed E-state index contributed by atoms with van der Waals surface area (Å²) in [6.07, 6.45) is 0.240. The first-order valence-corrected chi connectivity index (χ1v) is 9.60. The number of amides is 1. The van der Waals surface area contributed by atoms with Gasteiger partial charge in [-0.05, 0) is 11.1 Å². The van der Waals surface area contributed by atoms with Crippen molar-refractivity contribution >= 4 is 18.5 Å². The Morgan fingerprint density at radius 1 is 0.786 bits per heavy atom. The van der Waals surface area contributed by atoms with E-state index in [1.54, 1.807) is 4.90 Å². The normalized spacial score (nSPS) is 10.2. The molecule has 0 rings (SSSR count). The van der Waals surface area contributed by atoms with Crippen LogP contribution >= 0.6 is 12.6 Å². The first-order valence-electron chi connectivity index (χ1n) is 8.97. The van der Waals surface area contributed by atoms with Crippen molar-refractivity contribution in [3.8, 4) is 0 Å². The van der Waals surface area contributed by atoms with Crippen LogP contribution in [0.2, 0.25) is 0 Å². The molecule has 0 aliphatic carbocycles. The number of hydrogen-bond donors (Lipinski definition) is 1. The average molecular weight is 420 g/mol. The fourth-order valence-electron chi connectivity index (χ4n) is 1.92. The van der Waals surface area contributed by atoms with Gasteiger partial charge in [0.25, 0.3) is 0 Å². The van der Waals surface area contributed by atoms with Crippen molar-refractivity contribution in [2.24, 2.45) is 10.2 Å². The van der Waals surface area contributed by atoms with Crippen molar-refractivity contribution in [1.29, 1.82) is 0 Å². The lowest BCUT2D eigenvalue weighted by Gasteiger charge is -2.22. The predicted molar refractivity (Wildman–Crippen MR) is 106 cm³/mol. The summed E-state index contributed by atoms with van der Waals surface area (Å²) in [6, 6.07) is 0. The molecule has 0 spiro atoms. The van der Waals surface area contributed by atoms with Crippen molar-refractivity contribution in [3.05, 3.63) is 20.9 Å². The Bertz CT molecular complexity index is 459. The van der Waals surface area contributed by atoms with Gasteiger partial charge in [-0.15, -0.1) is 0 Å². The van der Waals surface area contributed by atoms with Gasteiger partial charge in [0.05, 0.1) is 59.3 Å². The summed E-state index contributed by atoms with van der Waals surface area (Å²) in [6.45, 7) is 4.27. The molecular weight excluding hydrogens is 390 g/mol. The number of hydrogen-bond acceptors (Lipinski definition) is 8. The van der Waals surface area contributed by atoms with Crippen LogP contribution in [0.1, 0.15) is 6.42 Å². The van der Waals surface area contributed by atoms with Crippen LogP contribution in [-0.4, -0.2) is 95.6 Å². The van der Waals surface area contributed by atoms with Crippen molar-refractivity contribution in [1.82, 2.24) is 4.90 Å². The van der Waals surface area contributed by atoms with Crippen LogP contribution < -0.4 is 0 Å². The number of ether oxygens (including phenoxy) is 4. The van der Waals surface area contributed by atoms with Gasteiger partial charge >= 0.3 is 0 Å². The minimum absolute atomic E-state index is 0.0754. The summed E-state index contributed by atoms with van der Waals surface area (Å²) in [5.74, 6) is 0.581. The highest BCUT2D eigenvalue weighted by Crippen LogP contribution is 1.97. The van der Waals surface area contributed by atoms with Gasteiger partial charge < -0.3 is 23.8 Å². The van der Waals surface area contributed by atoms with E-state index in [9.17, 15) is 4.79 Å². The Balaban J connectivity index is 4.10. The molecule has 0 aromatic rings. The standard InChI is InChI=1S/C15H29N7O5S/c16-20-18-2-7-25-9-4-22(5-10-26-8-3-19-21-17)15(23)1-6-24-11-12-27-13-14-28/h28H,1-14H2.